The molecule has 1 aliphatic carbocycles. The van der Waals surface area contributed by atoms with Crippen LogP contribution in [0.1, 0.15) is 34.6 Å². The summed E-state index contributed by atoms with van der Waals surface area (Å²) in [7, 11) is 0. The van der Waals surface area contributed by atoms with Crippen LogP contribution in [0.3, 0.4) is 0 Å². The van der Waals surface area contributed by atoms with Gasteiger partial charge in [-0.1, -0.05) is 48.2 Å². The number of nitrogens with one attached hydrogen (secondary N) is 1. The second-order valence-electron chi connectivity index (χ2n) is 5.74. The lowest BCUT2D eigenvalue weighted by Gasteiger charge is -2.21. The molecule has 0 spiro atoms. The Labute approximate surface area is 136 Å². The topological polar surface area (TPSA) is 55.1 Å². The third-order valence-corrected chi connectivity index (χ3v) is 4.11. The number of amides is 1. The first-order valence-electron chi connectivity index (χ1n) is 7.93. The summed E-state index contributed by atoms with van der Waals surface area (Å²) < 4.78 is 0. The molecule has 2 aromatic rings. The van der Waals surface area contributed by atoms with Crippen LogP contribution in [0.15, 0.2) is 48.5 Å². The number of nitrogens with two attached hydrogens (primary N) is 1. The van der Waals surface area contributed by atoms with E-state index in [1.807, 2.05) is 36.4 Å². The Morgan fingerprint density at radius 2 is 1.78 bits per heavy atom. The van der Waals surface area contributed by atoms with Crippen molar-refractivity contribution in [3.8, 4) is 11.8 Å². The van der Waals surface area contributed by atoms with E-state index in [-0.39, 0.29) is 11.8 Å². The van der Waals surface area contributed by atoms with Crippen molar-refractivity contribution < 1.29 is 4.79 Å². The number of rotatable bonds is 4. The average Bonchev–Trinajstić information content (AvgIpc) is 2.57. The highest BCUT2D eigenvalue weighted by atomic mass is 16.1. The predicted molar refractivity (Wildman–Crippen MR) is 92.0 cm³/mol. The van der Waals surface area contributed by atoms with Crippen molar-refractivity contribution in [3.05, 3.63) is 70.8 Å². The van der Waals surface area contributed by atoms with Gasteiger partial charge >= 0.3 is 0 Å². The SMILES string of the molecule is NCCNC(=O)CC1Cc2ccccc2C#Cc2ccccc21. The molecule has 3 nitrogen and oxygen atoms in total. The van der Waals surface area contributed by atoms with Crippen molar-refractivity contribution in [1.29, 1.82) is 0 Å². The molecule has 3 N–H and O–H groups in total. The Morgan fingerprint density at radius 3 is 2.61 bits per heavy atom. The normalized spacial score (nSPS) is 15.3. The number of fused-ring (bicyclic) bond motifs is 2. The average molecular weight is 304 g/mol. The van der Waals surface area contributed by atoms with Crippen molar-refractivity contribution in [2.75, 3.05) is 13.1 Å². The number of carbonyl (C=O) groups excluding carboxylic acids is 1. The molecule has 2 aromatic carbocycles. The Balaban J connectivity index is 1.96. The number of carbonyl (C=O) groups is 1. The summed E-state index contributed by atoms with van der Waals surface area (Å²) in [5.41, 5.74) is 9.88. The molecule has 0 saturated heterocycles. The first kappa shape index (κ1) is 15.3. The zero-order valence-electron chi connectivity index (χ0n) is 13.0. The molecule has 0 aliphatic heterocycles. The fourth-order valence-electron chi connectivity index (χ4n) is 2.99. The van der Waals surface area contributed by atoms with E-state index in [1.165, 1.54) is 5.56 Å². The zero-order chi connectivity index (χ0) is 16.1. The van der Waals surface area contributed by atoms with Gasteiger partial charge in [0.2, 0.25) is 5.91 Å². The van der Waals surface area contributed by atoms with Gasteiger partial charge in [-0.15, -0.1) is 0 Å². The number of benzene rings is 2. The van der Waals surface area contributed by atoms with E-state index >= 15 is 0 Å². The Bertz CT molecular complexity index is 770. The summed E-state index contributed by atoms with van der Waals surface area (Å²) in [6.07, 6.45) is 1.27. The standard InChI is InChI=1S/C20H20N2O/c21-11-12-22-20(23)14-18-13-17-7-2-1-5-15(17)9-10-16-6-3-4-8-19(16)18/h1-8,18H,11-14,21H2,(H,22,23). The highest BCUT2D eigenvalue weighted by molar-refractivity contribution is 5.77. The van der Waals surface area contributed by atoms with Crippen molar-refractivity contribution in [3.63, 3.8) is 0 Å². The molecule has 1 amide bonds. The van der Waals surface area contributed by atoms with Crippen LogP contribution in [0.2, 0.25) is 0 Å². The van der Waals surface area contributed by atoms with E-state index in [0.717, 1.165) is 23.1 Å². The van der Waals surface area contributed by atoms with E-state index in [1.54, 1.807) is 0 Å². The quantitative estimate of drug-likeness (QED) is 0.851. The van der Waals surface area contributed by atoms with Crippen LogP contribution in [0, 0.1) is 11.8 Å². The molecular weight excluding hydrogens is 284 g/mol. The second-order valence-corrected chi connectivity index (χ2v) is 5.74. The van der Waals surface area contributed by atoms with Crippen LogP contribution in [0.5, 0.6) is 0 Å². The van der Waals surface area contributed by atoms with Crippen LogP contribution in [0.4, 0.5) is 0 Å². The molecule has 1 unspecified atom stereocenters. The van der Waals surface area contributed by atoms with Gasteiger partial charge in [-0.05, 0) is 35.6 Å². The summed E-state index contributed by atoms with van der Waals surface area (Å²) in [5, 5.41) is 2.87. The van der Waals surface area contributed by atoms with E-state index < -0.39 is 0 Å². The molecule has 0 fully saturated rings. The molecule has 0 aromatic heterocycles. The smallest absolute Gasteiger partial charge is 0.220 e. The van der Waals surface area contributed by atoms with Crippen molar-refractivity contribution >= 4 is 5.91 Å². The monoisotopic (exact) mass is 304 g/mol. The molecule has 23 heavy (non-hydrogen) atoms. The van der Waals surface area contributed by atoms with E-state index in [4.69, 9.17) is 5.73 Å². The first-order valence-corrected chi connectivity index (χ1v) is 7.93. The predicted octanol–water partition coefficient (Wildman–Crippen LogP) is 2.19. The highest BCUT2D eigenvalue weighted by Crippen LogP contribution is 2.29. The molecule has 0 heterocycles. The Kier molecular flexibility index (Phi) is 4.75. The summed E-state index contributed by atoms with van der Waals surface area (Å²) in [6.45, 7) is 0.977. The molecule has 0 radical (unpaired) electrons. The van der Waals surface area contributed by atoms with Crippen molar-refractivity contribution in [2.45, 2.75) is 18.8 Å². The van der Waals surface area contributed by atoms with Crippen molar-refractivity contribution in [2.24, 2.45) is 5.73 Å². The summed E-state index contributed by atoms with van der Waals surface area (Å²) in [5.74, 6) is 6.70. The molecule has 1 atom stereocenters. The minimum atomic E-state index is 0.0428. The first-order chi connectivity index (χ1) is 11.3. The molecule has 3 rings (SSSR count). The molecule has 3 heteroatoms. The van der Waals surface area contributed by atoms with Crippen LogP contribution in [-0.4, -0.2) is 19.0 Å². The van der Waals surface area contributed by atoms with Gasteiger partial charge in [0.1, 0.15) is 0 Å². The molecule has 1 aliphatic rings. The maximum Gasteiger partial charge on any atom is 0.220 e. The van der Waals surface area contributed by atoms with Crippen LogP contribution in [0.25, 0.3) is 0 Å². The van der Waals surface area contributed by atoms with Gasteiger partial charge in [0, 0.05) is 30.6 Å². The van der Waals surface area contributed by atoms with Gasteiger partial charge in [-0.3, -0.25) is 4.79 Å². The maximum atomic E-state index is 12.2. The van der Waals surface area contributed by atoms with E-state index in [0.29, 0.717) is 19.5 Å². The lowest BCUT2D eigenvalue weighted by molar-refractivity contribution is -0.121. The lowest BCUT2D eigenvalue weighted by atomic mass is 9.83. The van der Waals surface area contributed by atoms with Crippen LogP contribution >= 0.6 is 0 Å². The van der Waals surface area contributed by atoms with Gasteiger partial charge in [0.25, 0.3) is 0 Å². The lowest BCUT2D eigenvalue weighted by Crippen LogP contribution is -2.30. The third-order valence-electron chi connectivity index (χ3n) is 4.11. The van der Waals surface area contributed by atoms with E-state index in [2.05, 4.69) is 29.3 Å². The molecule has 0 saturated carbocycles. The van der Waals surface area contributed by atoms with Crippen molar-refractivity contribution in [1.82, 2.24) is 5.32 Å². The molecule has 0 bridgehead atoms. The minimum Gasteiger partial charge on any atom is -0.355 e. The van der Waals surface area contributed by atoms with Gasteiger partial charge in [-0.25, -0.2) is 0 Å². The summed E-state index contributed by atoms with van der Waals surface area (Å²) in [6, 6.07) is 16.3. The highest BCUT2D eigenvalue weighted by Gasteiger charge is 2.21. The van der Waals surface area contributed by atoms with Gasteiger partial charge in [0.05, 0.1) is 0 Å². The fourth-order valence-corrected chi connectivity index (χ4v) is 2.99. The Morgan fingerprint density at radius 1 is 1.09 bits per heavy atom. The summed E-state index contributed by atoms with van der Waals surface area (Å²) >= 11 is 0. The third kappa shape index (κ3) is 3.61. The van der Waals surface area contributed by atoms with Gasteiger partial charge in [-0.2, -0.15) is 0 Å². The number of hydrogen-bond acceptors (Lipinski definition) is 2. The van der Waals surface area contributed by atoms with Gasteiger partial charge in [0.15, 0.2) is 0 Å². The Hall–Kier alpha value is -2.57. The van der Waals surface area contributed by atoms with Crippen LogP contribution < -0.4 is 11.1 Å². The molecular formula is C20H20N2O. The van der Waals surface area contributed by atoms with E-state index in [9.17, 15) is 4.79 Å². The van der Waals surface area contributed by atoms with Crippen LogP contribution in [-0.2, 0) is 11.2 Å². The zero-order valence-corrected chi connectivity index (χ0v) is 13.0. The maximum absolute atomic E-state index is 12.2. The van der Waals surface area contributed by atoms with Gasteiger partial charge < -0.3 is 11.1 Å². The fraction of sp³-hybridized carbons (Fsp3) is 0.250. The largest absolute Gasteiger partial charge is 0.355 e. The number of hydrogen-bond donors (Lipinski definition) is 2. The second kappa shape index (κ2) is 7.13. The summed E-state index contributed by atoms with van der Waals surface area (Å²) in [4.78, 5) is 12.2. The molecule has 116 valence electrons. The minimum absolute atomic E-state index is 0.0428.